The van der Waals surface area contributed by atoms with Crippen LogP contribution in [-0.4, -0.2) is 24.2 Å². The van der Waals surface area contributed by atoms with Crippen molar-refractivity contribution in [2.75, 3.05) is 7.05 Å². The number of nitrogens with one attached hydrogen (secondary N) is 1. The molecule has 0 bridgehead atoms. The van der Waals surface area contributed by atoms with Gasteiger partial charge in [0.1, 0.15) is 0 Å². The Bertz CT molecular complexity index is 120. The molecule has 0 aliphatic heterocycles. The third-order valence-corrected chi connectivity index (χ3v) is 1.77. The fraction of sp³-hybridized carbons (Fsp3) is 0.875. The van der Waals surface area contributed by atoms with Crippen molar-refractivity contribution in [3.63, 3.8) is 0 Å². The lowest BCUT2D eigenvalue weighted by molar-refractivity contribution is -0.137. The van der Waals surface area contributed by atoms with Gasteiger partial charge in [0.2, 0.25) is 0 Å². The molecule has 0 heterocycles. The molecular formula is C8H18ClNO2. The predicted octanol–water partition coefficient (Wildman–Crippen LogP) is 1.66. The first-order valence-electron chi connectivity index (χ1n) is 4.06. The molecule has 0 saturated carbocycles. The first-order chi connectivity index (χ1) is 5.16. The lowest BCUT2D eigenvalue weighted by Gasteiger charge is -2.07. The highest BCUT2D eigenvalue weighted by Gasteiger charge is 1.99. The van der Waals surface area contributed by atoms with Crippen LogP contribution in [0, 0.1) is 0 Å². The van der Waals surface area contributed by atoms with Crippen LogP contribution >= 0.6 is 12.4 Å². The molecule has 4 heteroatoms. The number of carboxylic acids is 1. The van der Waals surface area contributed by atoms with Crippen LogP contribution < -0.4 is 5.32 Å². The zero-order chi connectivity index (χ0) is 8.69. The second-order valence-electron chi connectivity index (χ2n) is 2.83. The Kier molecular flexibility index (Phi) is 10.5. The normalized spacial score (nSPS) is 11.8. The van der Waals surface area contributed by atoms with E-state index >= 15 is 0 Å². The van der Waals surface area contributed by atoms with Gasteiger partial charge in [-0.2, -0.15) is 0 Å². The standard InChI is InChI=1S/C8H17NO2.ClH/c1-7(9-2)5-3-4-6-8(10)11;/h7,9H,3-6H2,1-2H3,(H,10,11);1H. The maximum Gasteiger partial charge on any atom is 0.303 e. The highest BCUT2D eigenvalue weighted by molar-refractivity contribution is 5.85. The number of carboxylic acid groups (broad SMARTS) is 1. The van der Waals surface area contributed by atoms with E-state index in [1.165, 1.54) is 0 Å². The van der Waals surface area contributed by atoms with Crippen molar-refractivity contribution in [3.8, 4) is 0 Å². The van der Waals surface area contributed by atoms with E-state index in [0.717, 1.165) is 19.3 Å². The fourth-order valence-electron chi connectivity index (χ4n) is 0.871. The second-order valence-corrected chi connectivity index (χ2v) is 2.83. The van der Waals surface area contributed by atoms with Crippen molar-refractivity contribution in [1.82, 2.24) is 5.32 Å². The van der Waals surface area contributed by atoms with Gasteiger partial charge in [0.25, 0.3) is 0 Å². The summed E-state index contributed by atoms with van der Waals surface area (Å²) in [5.41, 5.74) is 0. The Morgan fingerprint density at radius 1 is 1.50 bits per heavy atom. The highest BCUT2D eigenvalue weighted by Crippen LogP contribution is 2.02. The molecule has 0 amide bonds. The molecular weight excluding hydrogens is 178 g/mol. The van der Waals surface area contributed by atoms with Gasteiger partial charge in [-0.25, -0.2) is 0 Å². The van der Waals surface area contributed by atoms with Crippen molar-refractivity contribution in [1.29, 1.82) is 0 Å². The summed E-state index contributed by atoms with van der Waals surface area (Å²) in [6.45, 7) is 2.10. The molecule has 0 radical (unpaired) electrons. The van der Waals surface area contributed by atoms with Crippen molar-refractivity contribution < 1.29 is 9.90 Å². The number of rotatable bonds is 6. The van der Waals surface area contributed by atoms with Crippen LogP contribution in [0.4, 0.5) is 0 Å². The molecule has 1 atom stereocenters. The van der Waals surface area contributed by atoms with Gasteiger partial charge >= 0.3 is 5.97 Å². The van der Waals surface area contributed by atoms with Crippen LogP contribution in [0.2, 0.25) is 0 Å². The van der Waals surface area contributed by atoms with Crippen molar-refractivity contribution >= 4 is 18.4 Å². The summed E-state index contributed by atoms with van der Waals surface area (Å²) >= 11 is 0. The molecule has 2 N–H and O–H groups in total. The molecule has 0 aliphatic rings. The third kappa shape index (κ3) is 9.72. The Balaban J connectivity index is 0. The van der Waals surface area contributed by atoms with E-state index in [1.54, 1.807) is 0 Å². The average Bonchev–Trinajstić information content (AvgIpc) is 1.97. The molecule has 3 nitrogen and oxygen atoms in total. The van der Waals surface area contributed by atoms with E-state index in [9.17, 15) is 4.79 Å². The third-order valence-electron chi connectivity index (χ3n) is 1.77. The Hall–Kier alpha value is -0.280. The van der Waals surface area contributed by atoms with Crippen molar-refractivity contribution in [3.05, 3.63) is 0 Å². The van der Waals surface area contributed by atoms with Crippen molar-refractivity contribution in [2.45, 2.75) is 38.6 Å². The molecule has 12 heavy (non-hydrogen) atoms. The van der Waals surface area contributed by atoms with Crippen LogP contribution in [0.25, 0.3) is 0 Å². The van der Waals surface area contributed by atoms with E-state index in [0.29, 0.717) is 12.5 Å². The Morgan fingerprint density at radius 3 is 2.50 bits per heavy atom. The first kappa shape index (κ1) is 14.3. The largest absolute Gasteiger partial charge is 0.481 e. The van der Waals surface area contributed by atoms with E-state index in [2.05, 4.69) is 12.2 Å². The van der Waals surface area contributed by atoms with Crippen LogP contribution in [-0.2, 0) is 4.79 Å². The fourth-order valence-corrected chi connectivity index (χ4v) is 0.871. The zero-order valence-electron chi connectivity index (χ0n) is 7.67. The summed E-state index contributed by atoms with van der Waals surface area (Å²) in [5.74, 6) is -0.692. The van der Waals surface area contributed by atoms with Gasteiger partial charge in [0.05, 0.1) is 0 Å². The summed E-state index contributed by atoms with van der Waals surface area (Å²) in [6.07, 6.45) is 3.15. The summed E-state index contributed by atoms with van der Waals surface area (Å²) < 4.78 is 0. The Morgan fingerprint density at radius 2 is 2.08 bits per heavy atom. The summed E-state index contributed by atoms with van der Waals surface area (Å²) in [5, 5.41) is 11.4. The molecule has 74 valence electrons. The molecule has 0 aromatic carbocycles. The minimum Gasteiger partial charge on any atom is -0.481 e. The summed E-state index contributed by atoms with van der Waals surface area (Å²) in [6, 6.07) is 0.504. The molecule has 0 aromatic heterocycles. The number of carbonyl (C=O) groups is 1. The molecule has 0 aliphatic carbocycles. The van der Waals surface area contributed by atoms with Crippen LogP contribution in [0.1, 0.15) is 32.6 Å². The number of hydrogen-bond donors (Lipinski definition) is 2. The van der Waals surface area contributed by atoms with E-state index in [4.69, 9.17) is 5.11 Å². The van der Waals surface area contributed by atoms with Gasteiger partial charge in [-0.15, -0.1) is 12.4 Å². The SMILES string of the molecule is CNC(C)CCCCC(=O)O.Cl. The van der Waals surface area contributed by atoms with Gasteiger partial charge in [-0.05, 0) is 26.8 Å². The predicted molar refractivity (Wildman–Crippen MR) is 51.9 cm³/mol. The maximum atomic E-state index is 10.1. The van der Waals surface area contributed by atoms with Crippen LogP contribution in [0.3, 0.4) is 0 Å². The molecule has 0 fully saturated rings. The van der Waals surface area contributed by atoms with Gasteiger partial charge in [-0.3, -0.25) is 4.79 Å². The second kappa shape index (κ2) is 8.81. The monoisotopic (exact) mass is 195 g/mol. The number of hydrogen-bond acceptors (Lipinski definition) is 2. The smallest absolute Gasteiger partial charge is 0.303 e. The number of aliphatic carboxylic acids is 1. The lowest BCUT2D eigenvalue weighted by Crippen LogP contribution is -2.20. The van der Waals surface area contributed by atoms with Crippen molar-refractivity contribution in [2.24, 2.45) is 0 Å². The minimum atomic E-state index is -0.692. The van der Waals surface area contributed by atoms with Crippen LogP contribution in [0.5, 0.6) is 0 Å². The van der Waals surface area contributed by atoms with Gasteiger partial charge in [-0.1, -0.05) is 6.42 Å². The topological polar surface area (TPSA) is 49.3 Å². The van der Waals surface area contributed by atoms with E-state index < -0.39 is 5.97 Å². The highest BCUT2D eigenvalue weighted by atomic mass is 35.5. The Labute approximate surface area is 80.0 Å². The zero-order valence-corrected chi connectivity index (χ0v) is 8.49. The van der Waals surface area contributed by atoms with Gasteiger partial charge in [0.15, 0.2) is 0 Å². The average molecular weight is 196 g/mol. The minimum absolute atomic E-state index is 0. The summed E-state index contributed by atoms with van der Waals surface area (Å²) in [7, 11) is 1.92. The number of halogens is 1. The summed E-state index contributed by atoms with van der Waals surface area (Å²) in [4.78, 5) is 10.1. The first-order valence-corrected chi connectivity index (χ1v) is 4.06. The molecule has 0 rings (SSSR count). The van der Waals surface area contributed by atoms with Gasteiger partial charge in [0, 0.05) is 12.5 Å². The molecule has 1 unspecified atom stereocenters. The van der Waals surface area contributed by atoms with Gasteiger partial charge < -0.3 is 10.4 Å². The molecule has 0 spiro atoms. The van der Waals surface area contributed by atoms with E-state index in [1.807, 2.05) is 7.05 Å². The molecule has 0 aromatic rings. The van der Waals surface area contributed by atoms with E-state index in [-0.39, 0.29) is 12.4 Å². The lowest BCUT2D eigenvalue weighted by atomic mass is 10.1. The maximum absolute atomic E-state index is 10.1. The molecule has 0 saturated heterocycles. The number of unbranched alkanes of at least 4 members (excludes halogenated alkanes) is 1. The van der Waals surface area contributed by atoms with Crippen LogP contribution in [0.15, 0.2) is 0 Å². The quantitative estimate of drug-likeness (QED) is 0.634.